The van der Waals surface area contributed by atoms with E-state index < -0.39 is 18.5 Å². The van der Waals surface area contributed by atoms with Gasteiger partial charge in [-0.1, -0.05) is 23.3 Å². The second kappa shape index (κ2) is 8.85. The summed E-state index contributed by atoms with van der Waals surface area (Å²) >= 11 is 5.95. The van der Waals surface area contributed by atoms with Gasteiger partial charge in [0.25, 0.3) is 5.91 Å². The number of nitrogens with one attached hydrogen (secondary N) is 1. The van der Waals surface area contributed by atoms with Crippen LogP contribution >= 0.6 is 11.6 Å². The fourth-order valence-electron chi connectivity index (χ4n) is 5.45. The number of benzene rings is 2. The first-order valence-electron chi connectivity index (χ1n) is 11.2. The highest BCUT2D eigenvalue weighted by Gasteiger charge is 2.60. The van der Waals surface area contributed by atoms with Gasteiger partial charge in [0.15, 0.2) is 6.61 Å². The van der Waals surface area contributed by atoms with Crippen LogP contribution in [0.5, 0.6) is 5.75 Å². The summed E-state index contributed by atoms with van der Waals surface area (Å²) in [4.78, 5) is 52.0. The molecule has 0 unspecified atom stereocenters. The van der Waals surface area contributed by atoms with Crippen molar-refractivity contribution in [2.45, 2.75) is 13.3 Å². The summed E-state index contributed by atoms with van der Waals surface area (Å²) < 4.78 is 10.3. The highest BCUT2D eigenvalue weighted by Crippen LogP contribution is 2.55. The average molecular weight is 495 g/mol. The minimum Gasteiger partial charge on any atom is -0.495 e. The Hall–Kier alpha value is -3.65. The van der Waals surface area contributed by atoms with Gasteiger partial charge in [-0.2, -0.15) is 0 Å². The van der Waals surface area contributed by atoms with Crippen LogP contribution in [-0.4, -0.2) is 37.4 Å². The van der Waals surface area contributed by atoms with E-state index in [-0.39, 0.29) is 41.0 Å². The number of fused-ring (bicyclic) bond motifs is 5. The monoisotopic (exact) mass is 494 g/mol. The number of imide groups is 1. The van der Waals surface area contributed by atoms with Gasteiger partial charge in [-0.05, 0) is 67.6 Å². The predicted molar refractivity (Wildman–Crippen MR) is 128 cm³/mol. The lowest BCUT2D eigenvalue weighted by Crippen LogP contribution is -2.33. The SMILES string of the molecule is COc1ccc(Cl)cc1NC(=O)COC(=O)c1ccc(N2C(=O)[C@@H]3[C@H](C2=O)[C@H]2C=C(C)[C@H]3C2)cc1. The predicted octanol–water partition coefficient (Wildman–Crippen LogP) is 3.85. The van der Waals surface area contributed by atoms with Crippen LogP contribution < -0.4 is 15.0 Å². The second-order valence-corrected chi connectivity index (χ2v) is 9.43. The smallest absolute Gasteiger partial charge is 0.338 e. The third-order valence-electron chi connectivity index (χ3n) is 7.01. The number of methoxy groups -OCH3 is 1. The van der Waals surface area contributed by atoms with Gasteiger partial charge in [-0.3, -0.25) is 19.3 Å². The van der Waals surface area contributed by atoms with E-state index in [0.717, 1.165) is 6.42 Å². The standard InChI is InChI=1S/C26H23ClN2O6/c1-13-9-15-10-18(13)23-22(15)24(31)29(25(23)32)17-6-3-14(4-7-17)26(33)35-12-21(30)28-19-11-16(27)5-8-20(19)34-2/h3-9,11,15,18,22-23H,10,12H2,1-2H3,(H,28,30)/t15-,18+,22+,23-/m0/s1. The van der Waals surface area contributed by atoms with Crippen molar-refractivity contribution >= 4 is 46.7 Å². The lowest BCUT2D eigenvalue weighted by molar-refractivity contribution is -0.123. The molecule has 2 aliphatic carbocycles. The minimum atomic E-state index is -0.710. The molecule has 9 heteroatoms. The Balaban J connectivity index is 1.21. The first-order valence-corrected chi connectivity index (χ1v) is 11.6. The van der Waals surface area contributed by atoms with Crippen LogP contribution in [0.4, 0.5) is 11.4 Å². The molecule has 3 amide bonds. The summed E-state index contributed by atoms with van der Waals surface area (Å²) in [6.07, 6.45) is 2.99. The Labute approximate surface area is 206 Å². The average Bonchev–Trinajstić information content (AvgIpc) is 3.48. The molecule has 1 saturated carbocycles. The summed E-state index contributed by atoms with van der Waals surface area (Å²) in [7, 11) is 1.46. The lowest BCUT2D eigenvalue weighted by atomic mass is 9.82. The van der Waals surface area contributed by atoms with Crippen molar-refractivity contribution in [3.8, 4) is 5.75 Å². The van der Waals surface area contributed by atoms with Gasteiger partial charge in [0.2, 0.25) is 11.8 Å². The van der Waals surface area contributed by atoms with Crippen LogP contribution in [0.1, 0.15) is 23.7 Å². The summed E-state index contributed by atoms with van der Waals surface area (Å²) in [5.41, 5.74) is 2.16. The first-order chi connectivity index (χ1) is 16.8. The molecule has 8 nitrogen and oxygen atoms in total. The van der Waals surface area contributed by atoms with Crippen LogP contribution in [0.25, 0.3) is 0 Å². The second-order valence-electron chi connectivity index (χ2n) is 9.00. The molecule has 2 bridgehead atoms. The number of carbonyl (C=O) groups excluding carboxylic acids is 4. The molecule has 1 heterocycles. The Morgan fingerprint density at radius 3 is 2.51 bits per heavy atom. The largest absolute Gasteiger partial charge is 0.495 e. The molecule has 0 spiro atoms. The molecule has 3 aliphatic rings. The molecular formula is C26H23ClN2O6. The topological polar surface area (TPSA) is 102 Å². The van der Waals surface area contributed by atoms with Crippen molar-refractivity contribution in [3.05, 3.63) is 64.7 Å². The quantitative estimate of drug-likeness (QED) is 0.372. The van der Waals surface area contributed by atoms with Crippen LogP contribution in [0.3, 0.4) is 0 Å². The number of rotatable bonds is 6. The Bertz CT molecular complexity index is 1270. The summed E-state index contributed by atoms with van der Waals surface area (Å²) in [5.74, 6) is -1.54. The van der Waals surface area contributed by atoms with Gasteiger partial charge in [-0.25, -0.2) is 4.79 Å². The van der Waals surface area contributed by atoms with Crippen molar-refractivity contribution in [2.24, 2.45) is 23.7 Å². The maximum Gasteiger partial charge on any atom is 0.338 e. The van der Waals surface area contributed by atoms with E-state index in [2.05, 4.69) is 11.4 Å². The lowest BCUT2D eigenvalue weighted by Gasteiger charge is -2.19. The molecule has 35 heavy (non-hydrogen) atoms. The van der Waals surface area contributed by atoms with E-state index in [1.165, 1.54) is 35.8 Å². The van der Waals surface area contributed by atoms with E-state index in [1.807, 2.05) is 6.92 Å². The number of nitrogens with zero attached hydrogens (tertiary/aromatic N) is 1. The number of anilines is 2. The number of allylic oxidation sites excluding steroid dienone is 2. The highest BCUT2D eigenvalue weighted by atomic mass is 35.5. The Morgan fingerprint density at radius 2 is 1.80 bits per heavy atom. The zero-order valence-corrected chi connectivity index (χ0v) is 19.9. The highest BCUT2D eigenvalue weighted by molar-refractivity contribution is 6.31. The van der Waals surface area contributed by atoms with E-state index in [0.29, 0.717) is 22.1 Å². The summed E-state index contributed by atoms with van der Waals surface area (Å²) in [6, 6.07) is 10.8. The molecular weight excluding hydrogens is 472 g/mol. The van der Waals surface area contributed by atoms with Crippen molar-refractivity contribution < 1.29 is 28.7 Å². The van der Waals surface area contributed by atoms with Gasteiger partial charge in [0.1, 0.15) is 5.75 Å². The number of hydrogen-bond donors (Lipinski definition) is 1. The van der Waals surface area contributed by atoms with Crippen molar-refractivity contribution in [1.29, 1.82) is 0 Å². The Morgan fingerprint density at radius 1 is 1.09 bits per heavy atom. The number of carbonyl (C=O) groups is 4. The van der Waals surface area contributed by atoms with Crippen LogP contribution in [0, 0.1) is 23.7 Å². The van der Waals surface area contributed by atoms with Crippen molar-refractivity contribution in [1.82, 2.24) is 0 Å². The molecule has 2 fully saturated rings. The Kier molecular flexibility index (Phi) is 5.84. The molecule has 2 aromatic rings. The normalized spacial score (nSPS) is 24.3. The third-order valence-corrected chi connectivity index (χ3v) is 7.25. The van der Waals surface area contributed by atoms with Gasteiger partial charge >= 0.3 is 5.97 Å². The maximum absolute atomic E-state index is 13.1. The minimum absolute atomic E-state index is 0.124. The molecule has 2 aromatic carbocycles. The number of ether oxygens (including phenoxy) is 2. The van der Waals surface area contributed by atoms with Gasteiger partial charge in [0.05, 0.1) is 35.9 Å². The molecule has 0 radical (unpaired) electrons. The van der Waals surface area contributed by atoms with E-state index in [9.17, 15) is 19.2 Å². The molecule has 4 atom stereocenters. The van der Waals surface area contributed by atoms with Crippen molar-refractivity contribution in [2.75, 3.05) is 23.9 Å². The molecule has 1 aliphatic heterocycles. The zero-order valence-electron chi connectivity index (χ0n) is 19.1. The summed E-state index contributed by atoms with van der Waals surface area (Å²) in [5, 5.41) is 3.00. The number of halogens is 1. The van der Waals surface area contributed by atoms with Crippen molar-refractivity contribution in [3.63, 3.8) is 0 Å². The zero-order chi connectivity index (χ0) is 24.9. The van der Waals surface area contributed by atoms with E-state index in [1.54, 1.807) is 24.3 Å². The van der Waals surface area contributed by atoms with Gasteiger partial charge in [-0.15, -0.1) is 0 Å². The molecule has 5 rings (SSSR count). The number of amides is 3. The molecule has 1 saturated heterocycles. The third kappa shape index (κ3) is 3.97. The van der Waals surface area contributed by atoms with E-state index >= 15 is 0 Å². The fourth-order valence-corrected chi connectivity index (χ4v) is 5.63. The van der Waals surface area contributed by atoms with Crippen LogP contribution in [0.15, 0.2) is 54.1 Å². The van der Waals surface area contributed by atoms with Gasteiger partial charge in [0, 0.05) is 5.02 Å². The molecule has 0 aromatic heterocycles. The number of hydrogen-bond acceptors (Lipinski definition) is 6. The molecule has 180 valence electrons. The number of esters is 1. The first kappa shape index (κ1) is 23.1. The van der Waals surface area contributed by atoms with Gasteiger partial charge < -0.3 is 14.8 Å². The molecule has 1 N–H and O–H groups in total. The van der Waals surface area contributed by atoms with Crippen LogP contribution in [-0.2, 0) is 19.1 Å². The fraction of sp³-hybridized carbons (Fsp3) is 0.308. The van der Waals surface area contributed by atoms with E-state index in [4.69, 9.17) is 21.1 Å². The maximum atomic E-state index is 13.1. The summed E-state index contributed by atoms with van der Waals surface area (Å²) in [6.45, 7) is 1.51. The van der Waals surface area contributed by atoms with Crippen LogP contribution in [0.2, 0.25) is 5.02 Å².